The van der Waals surface area contributed by atoms with Gasteiger partial charge in [0.25, 0.3) is 5.91 Å². The van der Waals surface area contributed by atoms with E-state index in [0.717, 1.165) is 0 Å². The number of amides is 1. The van der Waals surface area contributed by atoms with Crippen LogP contribution in [0.15, 0.2) is 35.1 Å². The second-order valence-corrected chi connectivity index (χ2v) is 7.45. The highest BCUT2D eigenvalue weighted by atomic mass is 35.5. The quantitative estimate of drug-likeness (QED) is 0.789. The molecule has 0 saturated carbocycles. The van der Waals surface area contributed by atoms with E-state index >= 15 is 0 Å². The lowest BCUT2D eigenvalue weighted by Gasteiger charge is -2.30. The van der Waals surface area contributed by atoms with E-state index in [0.29, 0.717) is 41.6 Å². The SMILES string of the molecule is Cc1cc(=O)c(C(=O)NCCN(C(C)C)C(C)C)nn1-c1ccccc1Cl. The molecule has 0 atom stereocenters. The topological polar surface area (TPSA) is 67.2 Å². The predicted octanol–water partition coefficient (Wildman–Crippen LogP) is 3.04. The average Bonchev–Trinajstić information content (AvgIpc) is 2.58. The van der Waals surface area contributed by atoms with Gasteiger partial charge in [-0.2, -0.15) is 5.10 Å². The second kappa shape index (κ2) is 9.15. The van der Waals surface area contributed by atoms with Gasteiger partial charge < -0.3 is 5.32 Å². The smallest absolute Gasteiger partial charge is 0.275 e. The van der Waals surface area contributed by atoms with Crippen LogP contribution in [0, 0.1) is 6.92 Å². The van der Waals surface area contributed by atoms with Gasteiger partial charge in [-0.1, -0.05) is 23.7 Å². The first kappa shape index (κ1) is 21.1. The Morgan fingerprint density at radius 2 is 1.85 bits per heavy atom. The van der Waals surface area contributed by atoms with Crippen LogP contribution in [0.3, 0.4) is 0 Å². The van der Waals surface area contributed by atoms with Crippen LogP contribution < -0.4 is 10.7 Å². The molecule has 2 rings (SSSR count). The van der Waals surface area contributed by atoms with E-state index in [1.807, 2.05) is 12.1 Å². The molecule has 0 aliphatic heterocycles. The monoisotopic (exact) mass is 390 g/mol. The van der Waals surface area contributed by atoms with E-state index < -0.39 is 11.3 Å². The van der Waals surface area contributed by atoms with Crippen molar-refractivity contribution in [1.82, 2.24) is 20.0 Å². The molecule has 146 valence electrons. The Kier molecular flexibility index (Phi) is 7.16. The summed E-state index contributed by atoms with van der Waals surface area (Å²) in [6.45, 7) is 11.4. The number of hydrogen-bond acceptors (Lipinski definition) is 4. The number of nitrogens with one attached hydrogen (secondary N) is 1. The molecular formula is C20H27ClN4O2. The number of halogens is 1. The number of carbonyl (C=O) groups is 1. The van der Waals surface area contributed by atoms with Crippen molar-refractivity contribution in [3.63, 3.8) is 0 Å². The van der Waals surface area contributed by atoms with E-state index in [-0.39, 0.29) is 5.69 Å². The van der Waals surface area contributed by atoms with Gasteiger partial charge in [-0.3, -0.25) is 14.5 Å². The van der Waals surface area contributed by atoms with Gasteiger partial charge in [0, 0.05) is 36.9 Å². The summed E-state index contributed by atoms with van der Waals surface area (Å²) in [4.78, 5) is 27.1. The fourth-order valence-electron chi connectivity index (χ4n) is 3.07. The zero-order valence-corrected chi connectivity index (χ0v) is 17.2. The minimum atomic E-state index is -0.478. The molecule has 0 spiro atoms. The summed E-state index contributed by atoms with van der Waals surface area (Å²) in [5, 5.41) is 7.56. The Bertz CT molecular complexity index is 853. The van der Waals surface area contributed by atoms with Crippen molar-refractivity contribution in [3.05, 3.63) is 57.0 Å². The van der Waals surface area contributed by atoms with Crippen molar-refractivity contribution in [2.24, 2.45) is 0 Å². The Labute approximate surface area is 165 Å². The third-order valence-electron chi connectivity index (χ3n) is 4.39. The van der Waals surface area contributed by atoms with Crippen molar-refractivity contribution in [1.29, 1.82) is 0 Å². The molecule has 1 heterocycles. The zero-order valence-electron chi connectivity index (χ0n) is 16.5. The largest absolute Gasteiger partial charge is 0.349 e. The molecule has 1 amide bonds. The first-order valence-electron chi connectivity index (χ1n) is 9.12. The van der Waals surface area contributed by atoms with Gasteiger partial charge in [0.2, 0.25) is 5.43 Å². The normalized spacial score (nSPS) is 11.4. The number of carbonyl (C=O) groups excluding carboxylic acids is 1. The van der Waals surface area contributed by atoms with Crippen LogP contribution in [0.4, 0.5) is 0 Å². The summed E-state index contributed by atoms with van der Waals surface area (Å²) in [7, 11) is 0. The van der Waals surface area contributed by atoms with Gasteiger partial charge in [0.15, 0.2) is 5.69 Å². The number of hydrogen-bond donors (Lipinski definition) is 1. The van der Waals surface area contributed by atoms with Gasteiger partial charge in [-0.05, 0) is 46.8 Å². The number of rotatable bonds is 7. The Morgan fingerprint density at radius 1 is 1.22 bits per heavy atom. The van der Waals surface area contributed by atoms with Gasteiger partial charge in [0.05, 0.1) is 10.7 Å². The van der Waals surface area contributed by atoms with E-state index in [9.17, 15) is 9.59 Å². The molecule has 2 aromatic rings. The highest BCUT2D eigenvalue weighted by molar-refractivity contribution is 6.32. The number of aryl methyl sites for hydroxylation is 1. The number of aromatic nitrogens is 2. The lowest BCUT2D eigenvalue weighted by molar-refractivity contribution is 0.0931. The maximum absolute atomic E-state index is 12.5. The molecule has 27 heavy (non-hydrogen) atoms. The summed E-state index contributed by atoms with van der Waals surface area (Å²) in [5.41, 5.74) is 0.686. The van der Waals surface area contributed by atoms with Crippen LogP contribution in [0.25, 0.3) is 5.69 Å². The standard InChI is InChI=1S/C20H27ClN4O2/c1-13(2)24(14(3)4)11-10-22-20(27)19-18(26)12-15(5)25(23-19)17-9-7-6-8-16(17)21/h6-9,12-14H,10-11H2,1-5H3,(H,22,27). The molecule has 0 bridgehead atoms. The van der Waals surface area contributed by atoms with Gasteiger partial charge in [-0.15, -0.1) is 0 Å². The van der Waals surface area contributed by atoms with Crippen LogP contribution in [0.1, 0.15) is 43.9 Å². The van der Waals surface area contributed by atoms with Gasteiger partial charge >= 0.3 is 0 Å². The zero-order chi connectivity index (χ0) is 20.1. The highest BCUT2D eigenvalue weighted by Gasteiger charge is 2.17. The van der Waals surface area contributed by atoms with E-state index in [1.165, 1.54) is 10.7 Å². The molecule has 7 heteroatoms. The first-order valence-corrected chi connectivity index (χ1v) is 9.50. The number of benzene rings is 1. The molecule has 0 fully saturated rings. The van der Waals surface area contributed by atoms with Crippen molar-refractivity contribution in [2.75, 3.05) is 13.1 Å². The lowest BCUT2D eigenvalue weighted by atomic mass is 10.2. The molecule has 1 aromatic heterocycles. The maximum atomic E-state index is 12.5. The van der Waals surface area contributed by atoms with Crippen molar-refractivity contribution >= 4 is 17.5 Å². The maximum Gasteiger partial charge on any atom is 0.275 e. The first-order chi connectivity index (χ1) is 12.7. The predicted molar refractivity (Wildman–Crippen MR) is 109 cm³/mol. The number of para-hydroxylation sites is 1. The molecule has 0 unspecified atom stereocenters. The summed E-state index contributed by atoms with van der Waals surface area (Å²) in [5.74, 6) is -0.478. The fourth-order valence-corrected chi connectivity index (χ4v) is 3.28. The highest BCUT2D eigenvalue weighted by Crippen LogP contribution is 2.19. The second-order valence-electron chi connectivity index (χ2n) is 7.04. The summed E-state index contributed by atoms with van der Waals surface area (Å²) >= 11 is 6.24. The van der Waals surface area contributed by atoms with E-state index in [1.54, 1.807) is 19.1 Å². The van der Waals surface area contributed by atoms with Gasteiger partial charge in [0.1, 0.15) is 0 Å². The van der Waals surface area contributed by atoms with Crippen molar-refractivity contribution < 1.29 is 4.79 Å². The molecule has 0 saturated heterocycles. The number of nitrogens with zero attached hydrogens (tertiary/aromatic N) is 3. The molecular weight excluding hydrogens is 364 g/mol. The van der Waals surface area contributed by atoms with Crippen LogP contribution in [0.2, 0.25) is 5.02 Å². The third-order valence-corrected chi connectivity index (χ3v) is 4.70. The lowest BCUT2D eigenvalue weighted by Crippen LogP contribution is -2.43. The van der Waals surface area contributed by atoms with Crippen LogP contribution in [0.5, 0.6) is 0 Å². The molecule has 0 radical (unpaired) electrons. The third kappa shape index (κ3) is 5.17. The van der Waals surface area contributed by atoms with E-state index in [4.69, 9.17) is 11.6 Å². The minimum absolute atomic E-state index is 0.138. The Balaban J connectivity index is 2.21. The summed E-state index contributed by atoms with van der Waals surface area (Å²) < 4.78 is 1.52. The van der Waals surface area contributed by atoms with Crippen LogP contribution in [-0.2, 0) is 0 Å². The molecule has 6 nitrogen and oxygen atoms in total. The minimum Gasteiger partial charge on any atom is -0.349 e. The molecule has 1 aromatic carbocycles. The van der Waals surface area contributed by atoms with Crippen LogP contribution in [-0.4, -0.2) is 45.8 Å². The average molecular weight is 391 g/mol. The van der Waals surface area contributed by atoms with E-state index in [2.05, 4.69) is 43.0 Å². The van der Waals surface area contributed by atoms with Crippen LogP contribution >= 0.6 is 11.6 Å². The summed E-state index contributed by atoms with van der Waals surface area (Å²) in [6, 6.07) is 9.31. The molecule has 0 aliphatic carbocycles. The van der Waals surface area contributed by atoms with Crippen molar-refractivity contribution in [2.45, 2.75) is 46.7 Å². The molecule has 1 N–H and O–H groups in total. The fraction of sp³-hybridized carbons (Fsp3) is 0.450. The van der Waals surface area contributed by atoms with Crippen molar-refractivity contribution in [3.8, 4) is 5.69 Å². The molecule has 0 aliphatic rings. The summed E-state index contributed by atoms with van der Waals surface area (Å²) in [6.07, 6.45) is 0. The van der Waals surface area contributed by atoms with Gasteiger partial charge in [-0.25, -0.2) is 4.68 Å². The Hall–Kier alpha value is -2.18. The Morgan fingerprint density at radius 3 is 2.44 bits per heavy atom.